The van der Waals surface area contributed by atoms with Crippen LogP contribution in [0.2, 0.25) is 0 Å². The lowest BCUT2D eigenvalue weighted by Crippen LogP contribution is -2.32. The molecule has 0 bridgehead atoms. The summed E-state index contributed by atoms with van der Waals surface area (Å²) in [5.41, 5.74) is 1.52. The molecule has 1 aliphatic carbocycles. The topological polar surface area (TPSA) is 12.0 Å². The van der Waals surface area contributed by atoms with Crippen molar-refractivity contribution in [3.05, 3.63) is 35.9 Å². The fourth-order valence-corrected chi connectivity index (χ4v) is 3.60. The van der Waals surface area contributed by atoms with Gasteiger partial charge < -0.3 is 5.32 Å². The van der Waals surface area contributed by atoms with Crippen LogP contribution < -0.4 is 5.32 Å². The molecular formula is C16H25NS. The van der Waals surface area contributed by atoms with E-state index in [1.807, 2.05) is 0 Å². The Morgan fingerprint density at radius 2 is 1.94 bits per heavy atom. The minimum Gasteiger partial charge on any atom is -0.316 e. The maximum atomic E-state index is 3.52. The fourth-order valence-electron chi connectivity index (χ4n) is 2.50. The van der Waals surface area contributed by atoms with Crippen LogP contribution in [0.5, 0.6) is 0 Å². The molecule has 0 aliphatic heterocycles. The first kappa shape index (κ1) is 14.0. The Morgan fingerprint density at radius 1 is 1.28 bits per heavy atom. The summed E-state index contributed by atoms with van der Waals surface area (Å²) in [5, 5.41) is 3.52. The zero-order chi connectivity index (χ0) is 13.2. The summed E-state index contributed by atoms with van der Waals surface area (Å²) in [5.74, 6) is 2.82. The van der Waals surface area contributed by atoms with E-state index < -0.39 is 0 Å². The van der Waals surface area contributed by atoms with Gasteiger partial charge in [-0.05, 0) is 30.9 Å². The number of nitrogens with one attached hydrogen (secondary N) is 1. The molecule has 0 spiro atoms. The van der Waals surface area contributed by atoms with Crippen molar-refractivity contribution >= 4 is 11.8 Å². The van der Waals surface area contributed by atoms with Gasteiger partial charge in [0.05, 0.1) is 0 Å². The van der Waals surface area contributed by atoms with Crippen LogP contribution in [0.3, 0.4) is 0 Å². The second-order valence-electron chi connectivity index (χ2n) is 6.24. The predicted octanol–water partition coefficient (Wildman–Crippen LogP) is 3.91. The summed E-state index contributed by atoms with van der Waals surface area (Å²) in [6, 6.07) is 11.6. The molecule has 100 valence electrons. The minimum absolute atomic E-state index is 0.367. The lowest BCUT2D eigenvalue weighted by molar-refractivity contribution is 0.540. The van der Waals surface area contributed by atoms with E-state index >= 15 is 0 Å². The zero-order valence-electron chi connectivity index (χ0n) is 11.9. The van der Waals surface area contributed by atoms with E-state index in [-0.39, 0.29) is 0 Å². The van der Waals surface area contributed by atoms with Crippen LogP contribution in [-0.4, -0.2) is 23.6 Å². The third kappa shape index (κ3) is 3.76. The molecule has 1 nitrogen and oxygen atoms in total. The third-order valence-corrected chi connectivity index (χ3v) is 5.04. The molecule has 1 aromatic carbocycles. The summed E-state index contributed by atoms with van der Waals surface area (Å²) in [6.07, 6.45) is 1.35. The maximum Gasteiger partial charge on any atom is 0.0189 e. The first-order valence-electron chi connectivity index (χ1n) is 6.87. The fraction of sp³-hybridized carbons (Fsp3) is 0.625. The van der Waals surface area contributed by atoms with Crippen molar-refractivity contribution in [1.82, 2.24) is 5.32 Å². The largest absolute Gasteiger partial charge is 0.316 e. The van der Waals surface area contributed by atoms with Gasteiger partial charge in [0.25, 0.3) is 0 Å². The summed E-state index contributed by atoms with van der Waals surface area (Å²) >= 11 is 2.07. The SMILES string of the molecule is CNC(CSC(C)(C)C)C1CC1c1ccccc1. The van der Waals surface area contributed by atoms with Crippen LogP contribution in [0.1, 0.15) is 38.7 Å². The highest BCUT2D eigenvalue weighted by Crippen LogP contribution is 2.50. The highest BCUT2D eigenvalue weighted by Gasteiger charge is 2.43. The smallest absolute Gasteiger partial charge is 0.0189 e. The Morgan fingerprint density at radius 3 is 2.50 bits per heavy atom. The van der Waals surface area contributed by atoms with E-state index in [9.17, 15) is 0 Å². The highest BCUT2D eigenvalue weighted by molar-refractivity contribution is 8.00. The van der Waals surface area contributed by atoms with Gasteiger partial charge in [0.1, 0.15) is 0 Å². The standard InChI is InChI=1S/C16H25NS/c1-16(2,3)18-11-15(17-4)14-10-13(14)12-8-6-5-7-9-12/h5-9,13-15,17H,10-11H2,1-4H3. The molecule has 0 saturated heterocycles. The molecule has 2 rings (SSSR count). The van der Waals surface area contributed by atoms with Crippen LogP contribution in [0.25, 0.3) is 0 Å². The lowest BCUT2D eigenvalue weighted by atomic mass is 10.1. The van der Waals surface area contributed by atoms with Crippen molar-refractivity contribution < 1.29 is 0 Å². The molecule has 0 radical (unpaired) electrons. The number of rotatable bonds is 5. The van der Waals surface area contributed by atoms with Gasteiger partial charge in [0, 0.05) is 16.5 Å². The Labute approximate surface area is 116 Å². The molecule has 0 heterocycles. The quantitative estimate of drug-likeness (QED) is 0.864. The highest BCUT2D eigenvalue weighted by atomic mass is 32.2. The monoisotopic (exact) mass is 263 g/mol. The summed E-state index contributed by atoms with van der Waals surface area (Å²) in [6.45, 7) is 6.89. The first-order chi connectivity index (χ1) is 8.51. The van der Waals surface area contributed by atoms with Gasteiger partial charge in [0.15, 0.2) is 0 Å². The zero-order valence-corrected chi connectivity index (χ0v) is 12.8. The molecule has 1 N–H and O–H groups in total. The minimum atomic E-state index is 0.367. The van der Waals surface area contributed by atoms with Crippen LogP contribution >= 0.6 is 11.8 Å². The van der Waals surface area contributed by atoms with E-state index in [1.54, 1.807) is 0 Å². The third-order valence-electron chi connectivity index (χ3n) is 3.65. The van der Waals surface area contributed by atoms with Gasteiger partial charge in [-0.15, -0.1) is 0 Å². The Bertz CT molecular complexity index is 368. The molecule has 1 aromatic rings. The van der Waals surface area contributed by atoms with Crippen LogP contribution in [0.4, 0.5) is 0 Å². The van der Waals surface area contributed by atoms with Crippen molar-refractivity contribution in [1.29, 1.82) is 0 Å². The van der Waals surface area contributed by atoms with E-state index in [2.05, 4.69) is 75.2 Å². The molecule has 3 atom stereocenters. The summed E-state index contributed by atoms with van der Waals surface area (Å²) in [7, 11) is 2.11. The average Bonchev–Trinajstić information content (AvgIpc) is 3.10. The maximum absolute atomic E-state index is 3.52. The molecule has 1 saturated carbocycles. The van der Waals surface area contributed by atoms with E-state index in [0.717, 1.165) is 11.8 Å². The van der Waals surface area contributed by atoms with E-state index in [0.29, 0.717) is 10.8 Å². The van der Waals surface area contributed by atoms with Gasteiger partial charge in [-0.2, -0.15) is 11.8 Å². The van der Waals surface area contributed by atoms with Gasteiger partial charge >= 0.3 is 0 Å². The van der Waals surface area contributed by atoms with Gasteiger partial charge in [-0.25, -0.2) is 0 Å². The van der Waals surface area contributed by atoms with Crippen molar-refractivity contribution in [3.63, 3.8) is 0 Å². The molecule has 0 aromatic heterocycles. The Balaban J connectivity index is 1.88. The summed E-state index contributed by atoms with van der Waals surface area (Å²) < 4.78 is 0.367. The summed E-state index contributed by atoms with van der Waals surface area (Å²) in [4.78, 5) is 0. The van der Waals surface area contributed by atoms with Gasteiger partial charge in [0.2, 0.25) is 0 Å². The van der Waals surface area contributed by atoms with Crippen molar-refractivity contribution in [2.45, 2.75) is 43.9 Å². The van der Waals surface area contributed by atoms with Crippen molar-refractivity contribution in [2.24, 2.45) is 5.92 Å². The van der Waals surface area contributed by atoms with E-state index in [4.69, 9.17) is 0 Å². The molecule has 2 heteroatoms. The molecule has 0 amide bonds. The number of benzene rings is 1. The van der Waals surface area contributed by atoms with Crippen molar-refractivity contribution in [2.75, 3.05) is 12.8 Å². The second-order valence-corrected chi connectivity index (χ2v) is 8.08. The molecule has 18 heavy (non-hydrogen) atoms. The second kappa shape index (κ2) is 5.66. The molecular weight excluding hydrogens is 238 g/mol. The van der Waals surface area contributed by atoms with Gasteiger partial charge in [-0.3, -0.25) is 0 Å². The molecule has 3 unspecified atom stereocenters. The normalized spacial score (nSPS) is 24.9. The first-order valence-corrected chi connectivity index (χ1v) is 7.86. The number of hydrogen-bond donors (Lipinski definition) is 1. The Kier molecular flexibility index (Phi) is 4.39. The number of thioether (sulfide) groups is 1. The van der Waals surface area contributed by atoms with Crippen LogP contribution in [0, 0.1) is 5.92 Å². The van der Waals surface area contributed by atoms with E-state index in [1.165, 1.54) is 17.7 Å². The van der Waals surface area contributed by atoms with Crippen molar-refractivity contribution in [3.8, 4) is 0 Å². The average molecular weight is 263 g/mol. The molecule has 1 aliphatic rings. The molecule has 1 fully saturated rings. The number of hydrogen-bond acceptors (Lipinski definition) is 2. The lowest BCUT2D eigenvalue weighted by Gasteiger charge is -2.23. The predicted molar refractivity (Wildman–Crippen MR) is 82.3 cm³/mol. The van der Waals surface area contributed by atoms with Gasteiger partial charge in [-0.1, -0.05) is 51.1 Å². The van der Waals surface area contributed by atoms with Crippen LogP contribution in [0.15, 0.2) is 30.3 Å². The van der Waals surface area contributed by atoms with Crippen LogP contribution in [-0.2, 0) is 0 Å². The Hall–Kier alpha value is -0.470.